The van der Waals surface area contributed by atoms with E-state index in [1.54, 1.807) is 6.08 Å². The summed E-state index contributed by atoms with van der Waals surface area (Å²) in [6.07, 6.45) is 9.04. The molecule has 0 bridgehead atoms. The number of fused-ring (bicyclic) bond motifs is 5. The maximum Gasteiger partial charge on any atom is 0.307 e. The first-order chi connectivity index (χ1) is 18.7. The second-order valence-corrected chi connectivity index (χ2v) is 14.3. The Kier molecular flexibility index (Phi) is 8.75. The van der Waals surface area contributed by atoms with Crippen molar-refractivity contribution >= 4 is 27.7 Å². The molecule has 0 aromatic rings. The zero-order valence-corrected chi connectivity index (χ0v) is 24.9. The molecule has 0 amide bonds. The Bertz CT molecular complexity index is 1200. The summed E-state index contributed by atoms with van der Waals surface area (Å²) in [6, 6.07) is 0. The van der Waals surface area contributed by atoms with Crippen molar-refractivity contribution in [2.75, 3.05) is 19.0 Å². The van der Waals surface area contributed by atoms with Crippen LogP contribution in [-0.4, -0.2) is 60.2 Å². The fourth-order valence-corrected chi connectivity index (χ4v) is 9.16. The monoisotopic (exact) mass is 580 g/mol. The number of carbonyl (C=O) groups is 3. The van der Waals surface area contributed by atoms with E-state index in [4.69, 9.17) is 14.0 Å². The number of ether oxygens (including phenoxy) is 2. The van der Waals surface area contributed by atoms with Crippen LogP contribution in [0, 0.1) is 34.5 Å². The topological polar surface area (TPSA) is 144 Å². The minimum Gasteiger partial charge on any atom is -0.511 e. The summed E-state index contributed by atoms with van der Waals surface area (Å²) in [5.41, 5.74) is -1.30. The zero-order valence-electron chi connectivity index (χ0n) is 24.1. The van der Waals surface area contributed by atoms with Gasteiger partial charge in [0.15, 0.2) is 12.4 Å². The average molecular weight is 581 g/mol. The highest BCUT2D eigenvalue weighted by Crippen LogP contribution is 2.69. The van der Waals surface area contributed by atoms with Crippen LogP contribution in [0.5, 0.6) is 0 Å². The Morgan fingerprint density at radius 2 is 1.85 bits per heavy atom. The predicted molar refractivity (Wildman–Crippen MR) is 148 cm³/mol. The molecular weight excluding hydrogens is 536 g/mol. The number of carbonyl (C=O) groups excluding carboxylic acids is 3. The van der Waals surface area contributed by atoms with E-state index in [1.807, 2.05) is 13.8 Å². The summed E-state index contributed by atoms with van der Waals surface area (Å²) in [5.74, 6) is -1.64. The van der Waals surface area contributed by atoms with Gasteiger partial charge < -0.3 is 14.6 Å². The van der Waals surface area contributed by atoms with Gasteiger partial charge in [0.05, 0.1) is 12.2 Å². The number of unbranched alkanes of at least 4 members (excludes halogenated alkanes) is 2. The van der Waals surface area contributed by atoms with Crippen LogP contribution in [-0.2, 0) is 34.0 Å². The molecule has 9 nitrogen and oxygen atoms in total. The number of ketones is 2. The van der Waals surface area contributed by atoms with Gasteiger partial charge in [0.1, 0.15) is 11.4 Å². The Morgan fingerprint density at radius 1 is 1.12 bits per heavy atom. The molecule has 7 atom stereocenters. The van der Waals surface area contributed by atoms with Crippen molar-refractivity contribution in [3.8, 4) is 0 Å². The van der Waals surface area contributed by atoms with Crippen LogP contribution in [0.15, 0.2) is 23.5 Å². The summed E-state index contributed by atoms with van der Waals surface area (Å²) in [6.45, 7) is 8.19. The maximum atomic E-state index is 14.1. The van der Waals surface area contributed by atoms with Crippen LogP contribution in [0.3, 0.4) is 0 Å². The Morgan fingerprint density at radius 3 is 2.52 bits per heavy atom. The van der Waals surface area contributed by atoms with Crippen molar-refractivity contribution in [2.24, 2.45) is 34.5 Å². The third kappa shape index (κ3) is 5.20. The Hall–Kier alpha value is -2.04. The lowest BCUT2D eigenvalue weighted by Crippen LogP contribution is -2.61. The number of hydrogen-bond donors (Lipinski definition) is 2. The normalized spacial score (nSPS) is 37.1. The second-order valence-electron chi connectivity index (χ2n) is 12.7. The second kappa shape index (κ2) is 11.3. The summed E-state index contributed by atoms with van der Waals surface area (Å²) >= 11 is 0. The molecule has 3 saturated carbocycles. The number of Topliss-reactive ketones (excluding diaryl/α,β-unsaturated/α-hetero) is 1. The Balaban J connectivity index is 1.62. The molecule has 0 spiro atoms. The largest absolute Gasteiger partial charge is 0.511 e. The fourth-order valence-electron chi connectivity index (χ4n) is 8.73. The molecule has 0 saturated heterocycles. The number of aliphatic hydroxyl groups excluding tert-OH is 1. The molecule has 40 heavy (non-hydrogen) atoms. The first-order valence-corrected chi connectivity index (χ1v) is 16.3. The van der Waals surface area contributed by atoms with E-state index in [-0.39, 0.29) is 41.0 Å². The molecule has 0 heterocycles. The highest BCUT2D eigenvalue weighted by Gasteiger charge is 2.70. The maximum absolute atomic E-state index is 14.1. The standard InChI is InChI=1S/C30H44O9S/c1-5-6-7-13-39-30(26(33)18-38-27(34)11-14-40(35,36)37)19(2)15-24-22-9-8-20-16-21(31)17-25(32)29(20,4)23(22)10-12-28(24,30)3/h16-17,19,22-24,32H,5-15,18H2,1-4H3,(H,35,36,37)/t19?,22-,23+,24+,28+,29+,30+/m1/s1. The van der Waals surface area contributed by atoms with Crippen molar-refractivity contribution in [2.45, 2.75) is 91.1 Å². The SMILES string of the molecule is CCCCCO[C@]1(C(=O)COC(=O)CCS(=O)(=O)O)C(C)C[C@H]2[C@@H]3CCC4=CC(=O)C=C(O)[C@]4(C)[C@H]3CC[C@@]21C. The number of rotatable bonds is 11. The van der Waals surface area contributed by atoms with Gasteiger partial charge in [0.2, 0.25) is 5.78 Å². The van der Waals surface area contributed by atoms with Crippen LogP contribution in [0.4, 0.5) is 0 Å². The van der Waals surface area contributed by atoms with E-state index in [0.717, 1.165) is 44.1 Å². The quantitative estimate of drug-likeness (QED) is 0.201. The molecule has 4 aliphatic carbocycles. The lowest BCUT2D eigenvalue weighted by molar-refractivity contribution is -0.189. The van der Waals surface area contributed by atoms with Crippen molar-refractivity contribution in [1.29, 1.82) is 0 Å². The summed E-state index contributed by atoms with van der Waals surface area (Å²) < 4.78 is 42.9. The molecule has 0 radical (unpaired) electrons. The summed E-state index contributed by atoms with van der Waals surface area (Å²) in [4.78, 5) is 38.5. The van der Waals surface area contributed by atoms with Gasteiger partial charge in [0, 0.05) is 23.5 Å². The van der Waals surface area contributed by atoms with Crippen molar-refractivity contribution in [3.05, 3.63) is 23.5 Å². The third-order valence-electron chi connectivity index (χ3n) is 10.7. The molecule has 224 valence electrons. The van der Waals surface area contributed by atoms with E-state index >= 15 is 0 Å². The minimum absolute atomic E-state index is 0.131. The lowest BCUT2D eigenvalue weighted by Gasteiger charge is -2.59. The van der Waals surface area contributed by atoms with Crippen molar-refractivity contribution in [3.63, 3.8) is 0 Å². The molecule has 3 fully saturated rings. The molecule has 4 aliphatic rings. The fraction of sp³-hybridized carbons (Fsp3) is 0.767. The highest BCUT2D eigenvalue weighted by atomic mass is 32.2. The third-order valence-corrected chi connectivity index (χ3v) is 11.4. The van der Waals surface area contributed by atoms with E-state index in [0.29, 0.717) is 19.4 Å². The molecule has 1 unspecified atom stereocenters. The molecule has 2 N–H and O–H groups in total. The number of allylic oxidation sites excluding steroid dienone is 3. The van der Waals surface area contributed by atoms with Crippen LogP contribution in [0.25, 0.3) is 0 Å². The average Bonchev–Trinajstić information content (AvgIpc) is 3.11. The molecule has 10 heteroatoms. The van der Waals surface area contributed by atoms with E-state index in [1.165, 1.54) is 6.08 Å². The number of hydrogen-bond acceptors (Lipinski definition) is 8. The van der Waals surface area contributed by atoms with Crippen molar-refractivity contribution < 1.29 is 41.9 Å². The number of esters is 1. The van der Waals surface area contributed by atoms with E-state index in [9.17, 15) is 27.9 Å². The Labute approximate surface area is 237 Å². The number of aliphatic hydroxyl groups is 1. The molecular formula is C30H44O9S. The minimum atomic E-state index is -4.32. The van der Waals surface area contributed by atoms with Gasteiger partial charge in [-0.25, -0.2) is 0 Å². The molecule has 0 aromatic heterocycles. The lowest BCUT2D eigenvalue weighted by atomic mass is 9.46. The molecule has 0 aliphatic heterocycles. The van der Waals surface area contributed by atoms with Gasteiger partial charge >= 0.3 is 5.97 Å². The van der Waals surface area contributed by atoms with Crippen LogP contribution in [0.1, 0.15) is 85.5 Å². The van der Waals surface area contributed by atoms with Crippen LogP contribution >= 0.6 is 0 Å². The van der Waals surface area contributed by atoms with Gasteiger partial charge in [-0.1, -0.05) is 39.2 Å². The van der Waals surface area contributed by atoms with E-state index in [2.05, 4.69) is 13.8 Å². The smallest absolute Gasteiger partial charge is 0.307 e. The van der Waals surface area contributed by atoms with Gasteiger partial charge in [-0.3, -0.25) is 18.9 Å². The summed E-state index contributed by atoms with van der Waals surface area (Å²) in [7, 11) is -4.32. The van der Waals surface area contributed by atoms with Crippen molar-refractivity contribution in [1.82, 2.24) is 0 Å². The van der Waals surface area contributed by atoms with Crippen LogP contribution in [0.2, 0.25) is 0 Å². The molecule has 0 aromatic carbocycles. The van der Waals surface area contributed by atoms with Gasteiger partial charge in [-0.2, -0.15) is 8.42 Å². The van der Waals surface area contributed by atoms with Crippen LogP contribution < -0.4 is 0 Å². The van der Waals surface area contributed by atoms with Gasteiger partial charge in [-0.05, 0) is 75.2 Å². The first kappa shape index (κ1) is 30.9. The van der Waals surface area contributed by atoms with Gasteiger partial charge in [-0.15, -0.1) is 0 Å². The summed E-state index contributed by atoms with van der Waals surface area (Å²) in [5, 5.41) is 11.0. The zero-order chi connectivity index (χ0) is 29.5. The van der Waals surface area contributed by atoms with Gasteiger partial charge in [0.25, 0.3) is 10.1 Å². The predicted octanol–water partition coefficient (Wildman–Crippen LogP) is 4.76. The first-order valence-electron chi connectivity index (χ1n) is 14.6. The van der Waals surface area contributed by atoms with E-state index < -0.39 is 51.3 Å². The molecule has 4 rings (SSSR count). The highest BCUT2D eigenvalue weighted by molar-refractivity contribution is 7.85.